The maximum atomic E-state index is 13.1. The lowest BCUT2D eigenvalue weighted by atomic mass is 9.72. The van der Waals surface area contributed by atoms with E-state index in [2.05, 4.69) is 15.0 Å². The lowest BCUT2D eigenvalue weighted by Crippen LogP contribution is -2.35. The van der Waals surface area contributed by atoms with E-state index in [9.17, 15) is 9.59 Å². The molecule has 3 aromatic rings. The Bertz CT molecular complexity index is 1090. The molecular weight excluding hydrogens is 314 g/mol. The summed E-state index contributed by atoms with van der Waals surface area (Å²) in [5.41, 5.74) is 3.09. The van der Waals surface area contributed by atoms with Crippen LogP contribution < -0.4 is 0 Å². The van der Waals surface area contributed by atoms with Gasteiger partial charge in [0.25, 0.3) is 0 Å². The van der Waals surface area contributed by atoms with Crippen LogP contribution in [-0.2, 0) is 0 Å². The van der Waals surface area contributed by atoms with Crippen molar-refractivity contribution >= 4 is 22.6 Å². The lowest BCUT2D eigenvalue weighted by Gasteiger charge is -2.28. The largest absolute Gasteiger partial charge is 0.338 e. The highest BCUT2D eigenvalue weighted by Gasteiger charge is 2.40. The summed E-state index contributed by atoms with van der Waals surface area (Å²) < 4.78 is 0. The van der Waals surface area contributed by atoms with Crippen LogP contribution in [0.1, 0.15) is 20.7 Å². The zero-order valence-corrected chi connectivity index (χ0v) is 13.1. The summed E-state index contributed by atoms with van der Waals surface area (Å²) in [6.07, 6.45) is 10.7. The number of rotatable bonds is 1. The van der Waals surface area contributed by atoms with Crippen LogP contribution in [0.2, 0.25) is 0 Å². The second-order valence-electron chi connectivity index (χ2n) is 6.26. The van der Waals surface area contributed by atoms with Crippen LogP contribution >= 0.6 is 0 Å². The number of nitrogens with one attached hydrogen (secondary N) is 1. The van der Waals surface area contributed by atoms with E-state index in [0.717, 1.165) is 11.1 Å². The van der Waals surface area contributed by atoms with Crippen molar-refractivity contribution < 1.29 is 9.59 Å². The SMILES string of the molecule is O=C1c2c(ccc3[nH]c(-c4ccncc4)nc23)C(=O)[C@@H]2C=CC=C[C@H]12. The minimum absolute atomic E-state index is 0.0180. The maximum absolute atomic E-state index is 13.1. The molecule has 0 bridgehead atoms. The molecule has 0 aliphatic heterocycles. The number of nitrogens with zero attached hydrogens (tertiary/aromatic N) is 2. The van der Waals surface area contributed by atoms with E-state index in [1.165, 1.54) is 0 Å². The van der Waals surface area contributed by atoms with Crippen LogP contribution in [-0.4, -0.2) is 26.5 Å². The number of allylic oxidation sites excluding steroid dienone is 4. The molecule has 0 saturated carbocycles. The number of Topliss-reactive ketones (excluding diaryl/α,β-unsaturated/α-hetero) is 2. The Morgan fingerprint density at radius 2 is 1.60 bits per heavy atom. The average molecular weight is 327 g/mol. The van der Waals surface area contributed by atoms with Gasteiger partial charge in [-0.3, -0.25) is 14.6 Å². The van der Waals surface area contributed by atoms with Crippen molar-refractivity contribution in [2.45, 2.75) is 0 Å². The number of pyridine rings is 1. The van der Waals surface area contributed by atoms with E-state index in [1.807, 2.05) is 42.5 Å². The number of hydrogen-bond donors (Lipinski definition) is 1. The van der Waals surface area contributed by atoms with Gasteiger partial charge in [0, 0.05) is 23.5 Å². The molecule has 0 radical (unpaired) electrons. The molecule has 0 amide bonds. The summed E-state index contributed by atoms with van der Waals surface area (Å²) in [7, 11) is 0. The van der Waals surface area contributed by atoms with Crippen LogP contribution in [0.3, 0.4) is 0 Å². The van der Waals surface area contributed by atoms with Gasteiger partial charge in [-0.15, -0.1) is 0 Å². The van der Waals surface area contributed by atoms with Crippen molar-refractivity contribution in [3.05, 3.63) is 72.1 Å². The summed E-state index contributed by atoms with van der Waals surface area (Å²) in [5, 5.41) is 0. The summed E-state index contributed by atoms with van der Waals surface area (Å²) in [6.45, 7) is 0. The molecule has 5 nitrogen and oxygen atoms in total. The molecule has 0 fully saturated rings. The Morgan fingerprint density at radius 3 is 2.36 bits per heavy atom. The van der Waals surface area contributed by atoms with Gasteiger partial charge >= 0.3 is 0 Å². The second-order valence-corrected chi connectivity index (χ2v) is 6.26. The number of carbonyl (C=O) groups excluding carboxylic acids is 2. The van der Waals surface area contributed by atoms with E-state index in [-0.39, 0.29) is 11.6 Å². The Balaban J connectivity index is 1.75. The predicted octanol–water partition coefficient (Wildman–Crippen LogP) is 3.36. The quantitative estimate of drug-likeness (QED) is 0.743. The third-order valence-electron chi connectivity index (χ3n) is 4.86. The van der Waals surface area contributed by atoms with E-state index >= 15 is 0 Å². The summed E-state index contributed by atoms with van der Waals surface area (Å²) in [6, 6.07) is 7.25. The lowest BCUT2D eigenvalue weighted by molar-refractivity contribution is 0.0803. The van der Waals surface area contributed by atoms with Gasteiger partial charge in [0.05, 0.1) is 22.9 Å². The molecule has 5 heteroatoms. The van der Waals surface area contributed by atoms with Crippen LogP contribution in [0.5, 0.6) is 0 Å². The van der Waals surface area contributed by atoms with Crippen molar-refractivity contribution in [1.29, 1.82) is 0 Å². The van der Waals surface area contributed by atoms with Crippen molar-refractivity contribution in [2.75, 3.05) is 0 Å². The van der Waals surface area contributed by atoms with Gasteiger partial charge in [-0.2, -0.15) is 0 Å². The number of imidazole rings is 1. The van der Waals surface area contributed by atoms with Crippen molar-refractivity contribution in [1.82, 2.24) is 15.0 Å². The summed E-state index contributed by atoms with van der Waals surface area (Å²) in [4.78, 5) is 37.8. The van der Waals surface area contributed by atoms with Gasteiger partial charge in [-0.25, -0.2) is 4.98 Å². The molecule has 2 heterocycles. The first-order chi connectivity index (χ1) is 12.2. The van der Waals surface area contributed by atoms with Crippen molar-refractivity contribution in [3.63, 3.8) is 0 Å². The number of aromatic amines is 1. The molecule has 2 aromatic heterocycles. The van der Waals surface area contributed by atoms with Crippen molar-refractivity contribution in [2.24, 2.45) is 11.8 Å². The smallest absolute Gasteiger partial charge is 0.173 e. The number of benzene rings is 1. The zero-order chi connectivity index (χ0) is 17.0. The number of fused-ring (bicyclic) bond motifs is 4. The number of hydrogen-bond acceptors (Lipinski definition) is 4. The van der Waals surface area contributed by atoms with Crippen LogP contribution in [0, 0.1) is 11.8 Å². The standard InChI is InChI=1S/C20H13N3O2/c24-18-12-3-1-2-4-13(12)19(25)16-14(18)5-6-15-17(16)23-20(22-15)11-7-9-21-10-8-11/h1-10,12-13H,(H,22,23)/t12-,13+/m1/s1. The summed E-state index contributed by atoms with van der Waals surface area (Å²) >= 11 is 0. The fraction of sp³-hybridized carbons (Fsp3) is 0.100. The molecule has 1 N–H and O–H groups in total. The van der Waals surface area contributed by atoms with E-state index < -0.39 is 11.8 Å². The molecule has 0 saturated heterocycles. The number of aromatic nitrogens is 3. The third-order valence-corrected chi connectivity index (χ3v) is 4.86. The third kappa shape index (κ3) is 1.96. The highest BCUT2D eigenvalue weighted by molar-refractivity contribution is 6.22. The normalized spacial score (nSPS) is 21.4. The Morgan fingerprint density at radius 1 is 0.880 bits per heavy atom. The molecule has 1 aromatic carbocycles. The fourth-order valence-corrected chi connectivity index (χ4v) is 3.63. The highest BCUT2D eigenvalue weighted by Crippen LogP contribution is 2.37. The minimum Gasteiger partial charge on any atom is -0.338 e. The van der Waals surface area contributed by atoms with Gasteiger partial charge in [-0.05, 0) is 24.3 Å². The van der Waals surface area contributed by atoms with Crippen LogP contribution in [0.15, 0.2) is 61.0 Å². The van der Waals surface area contributed by atoms with Crippen LogP contribution in [0.25, 0.3) is 22.4 Å². The van der Waals surface area contributed by atoms with Crippen molar-refractivity contribution in [3.8, 4) is 11.4 Å². The fourth-order valence-electron chi connectivity index (χ4n) is 3.63. The summed E-state index contributed by atoms with van der Waals surface area (Å²) in [5.74, 6) is -0.237. The first-order valence-corrected chi connectivity index (χ1v) is 8.10. The number of ketones is 2. The Kier molecular flexibility index (Phi) is 2.85. The van der Waals surface area contributed by atoms with E-state index in [4.69, 9.17) is 0 Å². The number of H-pyrrole nitrogens is 1. The first kappa shape index (κ1) is 14.0. The van der Waals surface area contributed by atoms with Gasteiger partial charge < -0.3 is 4.98 Å². The molecule has 120 valence electrons. The van der Waals surface area contributed by atoms with E-state index in [1.54, 1.807) is 18.5 Å². The maximum Gasteiger partial charge on any atom is 0.173 e. The molecule has 25 heavy (non-hydrogen) atoms. The molecule has 2 atom stereocenters. The van der Waals surface area contributed by atoms with Crippen LogP contribution in [0.4, 0.5) is 0 Å². The molecule has 0 unspecified atom stereocenters. The van der Waals surface area contributed by atoms with E-state index in [0.29, 0.717) is 22.5 Å². The molecule has 2 aliphatic carbocycles. The van der Waals surface area contributed by atoms with Gasteiger partial charge in [-0.1, -0.05) is 24.3 Å². The molecule has 2 aliphatic rings. The predicted molar refractivity (Wildman–Crippen MR) is 93.2 cm³/mol. The first-order valence-electron chi connectivity index (χ1n) is 8.10. The topological polar surface area (TPSA) is 75.7 Å². The van der Waals surface area contributed by atoms with Gasteiger partial charge in [0.1, 0.15) is 11.3 Å². The monoisotopic (exact) mass is 327 g/mol. The zero-order valence-electron chi connectivity index (χ0n) is 13.1. The number of carbonyl (C=O) groups is 2. The molecule has 0 spiro atoms. The Labute approximate surface area is 143 Å². The second kappa shape index (κ2) is 5.08. The molecule has 5 rings (SSSR count). The van der Waals surface area contributed by atoms with Gasteiger partial charge in [0.2, 0.25) is 0 Å². The average Bonchev–Trinajstić information content (AvgIpc) is 3.10. The molecular formula is C20H13N3O2. The van der Waals surface area contributed by atoms with Gasteiger partial charge in [0.15, 0.2) is 11.6 Å². The Hall–Kier alpha value is -3.34. The minimum atomic E-state index is -0.434. The highest BCUT2D eigenvalue weighted by atomic mass is 16.1.